The standard InChI is InChI=1S/C14H12O3.C2H6/c15-14(16)10-11-6-8-13(9-7-11)17-12-4-2-1-3-5-12;1-2/h1-9H,10H2,(H,15,16);1-2H3. The molecule has 0 fully saturated rings. The van der Waals surface area contributed by atoms with Crippen molar-refractivity contribution in [2.24, 2.45) is 0 Å². The molecule has 2 aromatic rings. The Kier molecular flexibility index (Phi) is 6.16. The molecule has 0 aliphatic heterocycles. The van der Waals surface area contributed by atoms with E-state index in [1.54, 1.807) is 24.3 Å². The number of aliphatic carboxylic acids is 1. The maximum atomic E-state index is 10.5. The Hall–Kier alpha value is -2.29. The van der Waals surface area contributed by atoms with Crippen molar-refractivity contribution in [1.82, 2.24) is 0 Å². The first-order chi connectivity index (χ1) is 9.24. The van der Waals surface area contributed by atoms with Crippen molar-refractivity contribution in [3.63, 3.8) is 0 Å². The van der Waals surface area contributed by atoms with Crippen molar-refractivity contribution >= 4 is 5.97 Å². The van der Waals surface area contributed by atoms with Crippen molar-refractivity contribution in [3.05, 3.63) is 60.2 Å². The highest BCUT2D eigenvalue weighted by Gasteiger charge is 2.01. The van der Waals surface area contributed by atoms with Crippen LogP contribution in [0.4, 0.5) is 0 Å². The normalized spacial score (nSPS) is 9.16. The fourth-order valence-corrected chi connectivity index (χ4v) is 1.47. The number of carboxylic acid groups (broad SMARTS) is 1. The second kappa shape index (κ2) is 7.93. The van der Waals surface area contributed by atoms with E-state index >= 15 is 0 Å². The number of benzene rings is 2. The highest BCUT2D eigenvalue weighted by molar-refractivity contribution is 5.70. The Balaban J connectivity index is 0.000000861. The van der Waals surface area contributed by atoms with E-state index in [9.17, 15) is 4.79 Å². The van der Waals surface area contributed by atoms with Crippen molar-refractivity contribution in [2.45, 2.75) is 20.3 Å². The topological polar surface area (TPSA) is 46.5 Å². The van der Waals surface area contributed by atoms with Gasteiger partial charge in [0, 0.05) is 0 Å². The number of carbonyl (C=O) groups is 1. The molecule has 0 aliphatic rings. The van der Waals surface area contributed by atoms with Crippen LogP contribution in [0, 0.1) is 0 Å². The molecule has 0 bridgehead atoms. The zero-order valence-corrected chi connectivity index (χ0v) is 11.2. The van der Waals surface area contributed by atoms with Gasteiger partial charge in [-0.25, -0.2) is 0 Å². The Morgan fingerprint density at radius 1 is 0.947 bits per heavy atom. The number of rotatable bonds is 4. The summed E-state index contributed by atoms with van der Waals surface area (Å²) in [4.78, 5) is 10.5. The highest BCUT2D eigenvalue weighted by atomic mass is 16.5. The minimum Gasteiger partial charge on any atom is -0.481 e. The van der Waals surface area contributed by atoms with Crippen LogP contribution in [-0.4, -0.2) is 11.1 Å². The summed E-state index contributed by atoms with van der Waals surface area (Å²) >= 11 is 0. The van der Waals surface area contributed by atoms with Crippen LogP contribution in [0.25, 0.3) is 0 Å². The van der Waals surface area contributed by atoms with Crippen molar-refractivity contribution in [1.29, 1.82) is 0 Å². The van der Waals surface area contributed by atoms with E-state index in [4.69, 9.17) is 9.84 Å². The number of ether oxygens (including phenoxy) is 1. The summed E-state index contributed by atoms with van der Waals surface area (Å²) in [6.45, 7) is 4.00. The van der Waals surface area contributed by atoms with Gasteiger partial charge in [0.2, 0.25) is 0 Å². The van der Waals surface area contributed by atoms with E-state index in [-0.39, 0.29) is 6.42 Å². The van der Waals surface area contributed by atoms with Crippen molar-refractivity contribution < 1.29 is 14.6 Å². The largest absolute Gasteiger partial charge is 0.481 e. The Morgan fingerprint density at radius 3 is 2.00 bits per heavy atom. The van der Waals surface area contributed by atoms with E-state index in [1.807, 2.05) is 44.2 Å². The molecule has 3 nitrogen and oxygen atoms in total. The first-order valence-electron chi connectivity index (χ1n) is 6.28. The summed E-state index contributed by atoms with van der Waals surface area (Å²) in [5.74, 6) is 0.630. The van der Waals surface area contributed by atoms with Gasteiger partial charge in [0.15, 0.2) is 0 Å². The van der Waals surface area contributed by atoms with Crippen LogP contribution in [0.2, 0.25) is 0 Å². The monoisotopic (exact) mass is 258 g/mol. The average Bonchev–Trinajstić information content (AvgIpc) is 2.44. The van der Waals surface area contributed by atoms with Gasteiger partial charge in [-0.2, -0.15) is 0 Å². The summed E-state index contributed by atoms with van der Waals surface area (Å²) in [7, 11) is 0. The molecule has 0 saturated carbocycles. The molecular formula is C16H18O3. The van der Waals surface area contributed by atoms with Crippen LogP contribution < -0.4 is 4.74 Å². The molecule has 19 heavy (non-hydrogen) atoms. The van der Waals surface area contributed by atoms with E-state index < -0.39 is 5.97 Å². The summed E-state index contributed by atoms with van der Waals surface area (Å²) < 4.78 is 5.59. The first-order valence-corrected chi connectivity index (χ1v) is 6.28. The number of carboxylic acids is 1. The Bertz CT molecular complexity index is 489. The van der Waals surface area contributed by atoms with Crippen LogP contribution in [0.5, 0.6) is 11.5 Å². The lowest BCUT2D eigenvalue weighted by atomic mass is 10.1. The molecule has 3 heteroatoms. The third kappa shape index (κ3) is 5.25. The zero-order valence-electron chi connectivity index (χ0n) is 11.2. The van der Waals surface area contributed by atoms with E-state index in [0.29, 0.717) is 5.75 Å². The summed E-state index contributed by atoms with van der Waals surface area (Å²) in [5.41, 5.74) is 0.762. The van der Waals surface area contributed by atoms with Crippen LogP contribution in [0.3, 0.4) is 0 Å². The first kappa shape index (κ1) is 14.8. The van der Waals surface area contributed by atoms with Crippen LogP contribution in [-0.2, 0) is 11.2 Å². The minimum atomic E-state index is -0.832. The second-order valence-corrected chi connectivity index (χ2v) is 3.63. The molecule has 0 aromatic heterocycles. The molecule has 1 N–H and O–H groups in total. The lowest BCUT2D eigenvalue weighted by Gasteiger charge is -2.05. The van der Waals surface area contributed by atoms with Gasteiger partial charge in [0.1, 0.15) is 11.5 Å². The quantitative estimate of drug-likeness (QED) is 0.896. The second-order valence-electron chi connectivity index (χ2n) is 3.63. The number of para-hydroxylation sites is 1. The van der Waals surface area contributed by atoms with Crippen LogP contribution in [0.1, 0.15) is 19.4 Å². The van der Waals surface area contributed by atoms with Crippen molar-refractivity contribution in [2.75, 3.05) is 0 Å². The summed E-state index contributed by atoms with van der Waals surface area (Å²) in [6, 6.07) is 16.5. The lowest BCUT2D eigenvalue weighted by molar-refractivity contribution is -0.136. The smallest absolute Gasteiger partial charge is 0.307 e. The van der Waals surface area contributed by atoms with E-state index in [1.165, 1.54) is 0 Å². The SMILES string of the molecule is CC.O=C(O)Cc1ccc(Oc2ccccc2)cc1. The third-order valence-electron chi connectivity index (χ3n) is 2.26. The maximum Gasteiger partial charge on any atom is 0.307 e. The molecule has 100 valence electrons. The van der Waals surface area contributed by atoms with Gasteiger partial charge in [-0.1, -0.05) is 44.2 Å². The van der Waals surface area contributed by atoms with Crippen molar-refractivity contribution in [3.8, 4) is 11.5 Å². The zero-order chi connectivity index (χ0) is 14.1. The van der Waals surface area contributed by atoms with Gasteiger partial charge in [-0.05, 0) is 29.8 Å². The summed E-state index contributed by atoms with van der Waals surface area (Å²) in [6.07, 6.45) is 0.0334. The number of hydrogen-bond donors (Lipinski definition) is 1. The molecule has 0 aliphatic carbocycles. The molecule has 0 saturated heterocycles. The molecule has 0 radical (unpaired) electrons. The Labute approximate surface area is 113 Å². The fraction of sp³-hybridized carbons (Fsp3) is 0.188. The summed E-state index contributed by atoms with van der Waals surface area (Å²) in [5, 5.41) is 8.64. The molecule has 2 aromatic carbocycles. The van der Waals surface area contributed by atoms with Crippen LogP contribution in [0.15, 0.2) is 54.6 Å². The lowest BCUT2D eigenvalue weighted by Crippen LogP contribution is -1.99. The fourth-order valence-electron chi connectivity index (χ4n) is 1.47. The highest BCUT2D eigenvalue weighted by Crippen LogP contribution is 2.21. The average molecular weight is 258 g/mol. The predicted molar refractivity (Wildman–Crippen MR) is 75.6 cm³/mol. The predicted octanol–water partition coefficient (Wildman–Crippen LogP) is 4.13. The third-order valence-corrected chi connectivity index (χ3v) is 2.26. The van der Waals surface area contributed by atoms with Gasteiger partial charge in [-0.3, -0.25) is 4.79 Å². The molecule has 0 atom stereocenters. The molecule has 2 rings (SSSR count). The molecular weight excluding hydrogens is 240 g/mol. The van der Waals surface area contributed by atoms with Crippen LogP contribution >= 0.6 is 0 Å². The van der Waals surface area contributed by atoms with Gasteiger partial charge < -0.3 is 9.84 Å². The molecule has 0 amide bonds. The minimum absolute atomic E-state index is 0.0334. The molecule has 0 unspecified atom stereocenters. The Morgan fingerprint density at radius 2 is 1.47 bits per heavy atom. The van der Waals surface area contributed by atoms with Gasteiger partial charge in [-0.15, -0.1) is 0 Å². The maximum absolute atomic E-state index is 10.5. The van der Waals surface area contributed by atoms with Gasteiger partial charge in [0.25, 0.3) is 0 Å². The molecule has 0 heterocycles. The van der Waals surface area contributed by atoms with Gasteiger partial charge >= 0.3 is 5.97 Å². The number of hydrogen-bond acceptors (Lipinski definition) is 2. The molecule has 0 spiro atoms. The van der Waals surface area contributed by atoms with E-state index in [2.05, 4.69) is 0 Å². The van der Waals surface area contributed by atoms with Gasteiger partial charge in [0.05, 0.1) is 6.42 Å². The van der Waals surface area contributed by atoms with E-state index in [0.717, 1.165) is 11.3 Å².